The molecule has 1 heterocycles. The van der Waals surface area contributed by atoms with Gasteiger partial charge in [-0.1, -0.05) is 18.6 Å². The van der Waals surface area contributed by atoms with E-state index in [1.165, 1.54) is 50.8 Å². The van der Waals surface area contributed by atoms with Gasteiger partial charge in [-0.15, -0.1) is 0 Å². The molecule has 26 heavy (non-hydrogen) atoms. The van der Waals surface area contributed by atoms with Crippen LogP contribution in [0.25, 0.3) is 0 Å². The van der Waals surface area contributed by atoms with E-state index in [0.717, 1.165) is 17.9 Å². The predicted octanol–water partition coefficient (Wildman–Crippen LogP) is 3.88. The van der Waals surface area contributed by atoms with Crippen molar-refractivity contribution in [2.24, 2.45) is 5.92 Å². The summed E-state index contributed by atoms with van der Waals surface area (Å²) < 4.78 is 5.38. The average Bonchev–Trinajstić information content (AvgIpc) is 3.50. The second-order valence-electron chi connectivity index (χ2n) is 8.13. The van der Waals surface area contributed by atoms with Gasteiger partial charge in [0.1, 0.15) is 5.75 Å². The molecule has 1 N–H and O–H groups in total. The van der Waals surface area contributed by atoms with E-state index in [1.54, 1.807) is 7.11 Å². The standard InChI is InChI=1S/C22H34N2O2/c1-16-13-19(9-10-21(16)26-3)20(18-7-8-18)14-22(25)23-15-17(2)24-11-5-4-6-12-24/h9-10,13,17-18,20H,4-8,11-12,14-15H2,1-3H3,(H,23,25). The highest BCUT2D eigenvalue weighted by atomic mass is 16.5. The molecule has 1 aromatic rings. The largest absolute Gasteiger partial charge is 0.496 e. The second-order valence-corrected chi connectivity index (χ2v) is 8.13. The average molecular weight is 359 g/mol. The number of aryl methyl sites for hydroxylation is 1. The number of carbonyl (C=O) groups excluding carboxylic acids is 1. The molecule has 2 fully saturated rings. The van der Waals surface area contributed by atoms with Crippen molar-refractivity contribution in [1.29, 1.82) is 0 Å². The number of hydrogen-bond donors (Lipinski definition) is 1. The van der Waals surface area contributed by atoms with Crippen LogP contribution in [-0.2, 0) is 4.79 Å². The van der Waals surface area contributed by atoms with Crippen molar-refractivity contribution in [3.05, 3.63) is 29.3 Å². The lowest BCUT2D eigenvalue weighted by Crippen LogP contribution is -2.44. The molecule has 1 amide bonds. The van der Waals surface area contributed by atoms with Crippen LogP contribution in [0.1, 0.15) is 62.5 Å². The Bertz CT molecular complexity index is 606. The summed E-state index contributed by atoms with van der Waals surface area (Å²) in [5, 5.41) is 3.19. The number of methoxy groups -OCH3 is 1. The SMILES string of the molecule is COc1ccc(C(CC(=O)NCC(C)N2CCCCC2)C2CC2)cc1C. The molecule has 2 atom stereocenters. The highest BCUT2D eigenvalue weighted by Crippen LogP contribution is 2.45. The molecule has 4 heteroatoms. The maximum atomic E-state index is 12.6. The maximum Gasteiger partial charge on any atom is 0.220 e. The normalized spacial score (nSPS) is 20.4. The maximum absolute atomic E-state index is 12.6. The van der Waals surface area contributed by atoms with E-state index in [9.17, 15) is 4.79 Å². The van der Waals surface area contributed by atoms with Gasteiger partial charge in [-0.25, -0.2) is 0 Å². The fourth-order valence-corrected chi connectivity index (χ4v) is 4.21. The molecule has 4 nitrogen and oxygen atoms in total. The van der Waals surface area contributed by atoms with Crippen molar-refractivity contribution in [2.45, 2.75) is 64.3 Å². The molecule has 2 unspecified atom stereocenters. The summed E-state index contributed by atoms with van der Waals surface area (Å²) >= 11 is 0. The Morgan fingerprint density at radius 2 is 2.00 bits per heavy atom. The quantitative estimate of drug-likeness (QED) is 0.767. The third-order valence-electron chi connectivity index (χ3n) is 6.05. The van der Waals surface area contributed by atoms with E-state index in [-0.39, 0.29) is 5.91 Å². The van der Waals surface area contributed by atoms with Crippen molar-refractivity contribution in [3.63, 3.8) is 0 Å². The Hall–Kier alpha value is -1.55. The van der Waals surface area contributed by atoms with E-state index in [0.29, 0.717) is 24.3 Å². The van der Waals surface area contributed by atoms with Gasteiger partial charge < -0.3 is 10.1 Å². The number of nitrogens with one attached hydrogen (secondary N) is 1. The molecular formula is C22H34N2O2. The lowest BCUT2D eigenvalue weighted by Gasteiger charge is -2.32. The van der Waals surface area contributed by atoms with Gasteiger partial charge in [0.15, 0.2) is 0 Å². The molecular weight excluding hydrogens is 324 g/mol. The Morgan fingerprint density at radius 1 is 1.27 bits per heavy atom. The topological polar surface area (TPSA) is 41.6 Å². The number of ether oxygens (including phenoxy) is 1. The van der Waals surface area contributed by atoms with Crippen LogP contribution in [-0.4, -0.2) is 43.6 Å². The van der Waals surface area contributed by atoms with Gasteiger partial charge in [0.25, 0.3) is 0 Å². The van der Waals surface area contributed by atoms with E-state index in [1.807, 2.05) is 6.07 Å². The second kappa shape index (κ2) is 8.90. The first kappa shape index (κ1) is 19.2. The van der Waals surface area contributed by atoms with E-state index in [2.05, 4.69) is 36.2 Å². The Kier molecular flexibility index (Phi) is 6.58. The number of hydrogen-bond acceptors (Lipinski definition) is 3. The Balaban J connectivity index is 1.54. The molecule has 0 radical (unpaired) electrons. The lowest BCUT2D eigenvalue weighted by atomic mass is 9.89. The molecule has 1 saturated heterocycles. The summed E-state index contributed by atoms with van der Waals surface area (Å²) in [6.45, 7) is 7.42. The van der Waals surface area contributed by atoms with Crippen LogP contribution in [0, 0.1) is 12.8 Å². The molecule has 1 aliphatic carbocycles. The number of carbonyl (C=O) groups is 1. The van der Waals surface area contributed by atoms with Gasteiger partial charge in [-0.3, -0.25) is 9.69 Å². The molecule has 1 aliphatic heterocycles. The fourth-order valence-electron chi connectivity index (χ4n) is 4.21. The summed E-state index contributed by atoms with van der Waals surface area (Å²) in [4.78, 5) is 15.1. The number of nitrogens with zero attached hydrogens (tertiary/aromatic N) is 1. The zero-order valence-electron chi connectivity index (χ0n) is 16.6. The Morgan fingerprint density at radius 3 is 2.62 bits per heavy atom. The molecule has 1 saturated carbocycles. The summed E-state index contributed by atoms with van der Waals surface area (Å²) in [6.07, 6.45) is 7.02. The first-order valence-corrected chi connectivity index (χ1v) is 10.2. The van der Waals surface area contributed by atoms with Crippen molar-refractivity contribution >= 4 is 5.91 Å². The van der Waals surface area contributed by atoms with Crippen molar-refractivity contribution in [2.75, 3.05) is 26.7 Å². The smallest absolute Gasteiger partial charge is 0.220 e. The first-order valence-electron chi connectivity index (χ1n) is 10.2. The van der Waals surface area contributed by atoms with Crippen LogP contribution < -0.4 is 10.1 Å². The van der Waals surface area contributed by atoms with Gasteiger partial charge in [0.05, 0.1) is 7.11 Å². The third-order valence-corrected chi connectivity index (χ3v) is 6.05. The van der Waals surface area contributed by atoms with Gasteiger partial charge in [-0.05, 0) is 81.6 Å². The molecule has 144 valence electrons. The van der Waals surface area contributed by atoms with Gasteiger partial charge in [-0.2, -0.15) is 0 Å². The zero-order chi connectivity index (χ0) is 18.5. The molecule has 0 bridgehead atoms. The number of likely N-dealkylation sites (tertiary alicyclic amines) is 1. The van der Waals surface area contributed by atoms with Crippen LogP contribution in [0.4, 0.5) is 0 Å². The molecule has 0 aromatic heterocycles. The van der Waals surface area contributed by atoms with E-state index in [4.69, 9.17) is 4.74 Å². The lowest BCUT2D eigenvalue weighted by molar-refractivity contribution is -0.121. The number of piperidine rings is 1. The Labute approximate surface area is 158 Å². The molecule has 0 spiro atoms. The minimum Gasteiger partial charge on any atom is -0.496 e. The summed E-state index contributed by atoms with van der Waals surface area (Å²) in [7, 11) is 1.71. The predicted molar refractivity (Wildman–Crippen MR) is 106 cm³/mol. The van der Waals surface area contributed by atoms with Crippen LogP contribution in [0.5, 0.6) is 5.75 Å². The molecule has 1 aromatic carbocycles. The summed E-state index contributed by atoms with van der Waals surface area (Å²) in [5.41, 5.74) is 2.43. The van der Waals surface area contributed by atoms with Crippen LogP contribution in [0.3, 0.4) is 0 Å². The minimum absolute atomic E-state index is 0.194. The van der Waals surface area contributed by atoms with Crippen molar-refractivity contribution < 1.29 is 9.53 Å². The monoisotopic (exact) mass is 358 g/mol. The van der Waals surface area contributed by atoms with Gasteiger partial charge in [0.2, 0.25) is 5.91 Å². The minimum atomic E-state index is 0.194. The third kappa shape index (κ3) is 5.00. The van der Waals surface area contributed by atoms with Gasteiger partial charge >= 0.3 is 0 Å². The summed E-state index contributed by atoms with van der Waals surface area (Å²) in [6, 6.07) is 6.81. The van der Waals surface area contributed by atoms with Crippen molar-refractivity contribution in [3.8, 4) is 5.75 Å². The molecule has 2 aliphatic rings. The van der Waals surface area contributed by atoms with Crippen LogP contribution in [0.2, 0.25) is 0 Å². The van der Waals surface area contributed by atoms with Crippen LogP contribution >= 0.6 is 0 Å². The first-order chi connectivity index (χ1) is 12.6. The zero-order valence-corrected chi connectivity index (χ0v) is 16.6. The van der Waals surface area contributed by atoms with Gasteiger partial charge in [0, 0.05) is 19.0 Å². The van der Waals surface area contributed by atoms with Crippen LogP contribution in [0.15, 0.2) is 18.2 Å². The summed E-state index contributed by atoms with van der Waals surface area (Å²) in [5.74, 6) is 2.11. The number of rotatable bonds is 8. The van der Waals surface area contributed by atoms with Crippen molar-refractivity contribution in [1.82, 2.24) is 10.2 Å². The van der Waals surface area contributed by atoms with E-state index >= 15 is 0 Å². The van der Waals surface area contributed by atoms with E-state index < -0.39 is 0 Å². The number of amides is 1. The highest BCUT2D eigenvalue weighted by molar-refractivity contribution is 5.77. The molecule has 3 rings (SSSR count). The fraction of sp³-hybridized carbons (Fsp3) is 0.682. The highest BCUT2D eigenvalue weighted by Gasteiger charge is 2.34. The number of benzene rings is 1.